The van der Waals surface area contributed by atoms with Gasteiger partial charge in [-0.1, -0.05) is 48.5 Å². The van der Waals surface area contributed by atoms with Crippen LogP contribution in [0.5, 0.6) is 0 Å². The second kappa shape index (κ2) is 8.31. The number of hydrogen-bond acceptors (Lipinski definition) is 2. The first-order valence-corrected chi connectivity index (χ1v) is 8.26. The zero-order valence-electron chi connectivity index (χ0n) is 14.8. The van der Waals surface area contributed by atoms with E-state index in [0.717, 1.165) is 16.5 Å². The third-order valence-electron chi connectivity index (χ3n) is 4.15. The largest absolute Gasteiger partial charge is 0.412 e. The lowest BCUT2D eigenvalue weighted by Crippen LogP contribution is -2.42. The van der Waals surface area contributed by atoms with Crippen LogP contribution in [0.2, 0.25) is 0 Å². The van der Waals surface area contributed by atoms with Gasteiger partial charge in [0.25, 0.3) is 5.56 Å². The van der Waals surface area contributed by atoms with Crippen molar-refractivity contribution in [3.63, 3.8) is 0 Å². The number of aromatic nitrogens is 1. The summed E-state index contributed by atoms with van der Waals surface area (Å²) in [7, 11) is 1.57. The Balaban J connectivity index is 0.00000243. The average molecular weight is 353 g/mol. The molecule has 6 nitrogen and oxygen atoms in total. The minimum atomic E-state index is -0.260. The first-order chi connectivity index (χ1) is 12.1. The van der Waals surface area contributed by atoms with Crippen molar-refractivity contribution in [2.24, 2.45) is 0 Å². The Bertz CT molecular complexity index is 951. The van der Waals surface area contributed by atoms with Crippen molar-refractivity contribution < 1.29 is 10.3 Å². The number of fused-ring (bicyclic) bond motifs is 1. The third-order valence-corrected chi connectivity index (χ3v) is 4.15. The molecule has 136 valence electrons. The summed E-state index contributed by atoms with van der Waals surface area (Å²) in [4.78, 5) is 24.3. The second-order valence-corrected chi connectivity index (χ2v) is 6.04. The summed E-state index contributed by atoms with van der Waals surface area (Å²) >= 11 is 0. The molecule has 6 heteroatoms. The molecule has 0 radical (unpaired) electrons. The van der Waals surface area contributed by atoms with Crippen molar-refractivity contribution in [3.05, 3.63) is 71.1 Å². The van der Waals surface area contributed by atoms with Gasteiger partial charge in [-0.05, 0) is 23.9 Å². The van der Waals surface area contributed by atoms with E-state index in [1.54, 1.807) is 11.6 Å². The van der Waals surface area contributed by atoms with Gasteiger partial charge in [0.05, 0.1) is 0 Å². The van der Waals surface area contributed by atoms with Crippen LogP contribution < -0.4 is 16.2 Å². The number of carbonyl (C=O) groups excluding carboxylic acids is 1. The number of amides is 2. The van der Waals surface area contributed by atoms with Crippen LogP contribution in [0.3, 0.4) is 0 Å². The second-order valence-electron chi connectivity index (χ2n) is 6.04. The molecule has 1 atom stereocenters. The predicted octanol–water partition coefficient (Wildman–Crippen LogP) is 2.16. The van der Waals surface area contributed by atoms with Gasteiger partial charge in [-0.2, -0.15) is 0 Å². The number of hydrogen-bond donors (Lipinski definition) is 2. The van der Waals surface area contributed by atoms with E-state index in [9.17, 15) is 9.59 Å². The first kappa shape index (κ1) is 19.2. The lowest BCUT2D eigenvalue weighted by atomic mass is 10.0. The molecule has 0 spiro atoms. The lowest BCUT2D eigenvalue weighted by Gasteiger charge is -2.17. The topological polar surface area (TPSA) is 94.6 Å². The molecule has 3 rings (SSSR count). The highest BCUT2D eigenvalue weighted by atomic mass is 16.2. The molecule has 3 aromatic rings. The molecule has 0 saturated heterocycles. The van der Waals surface area contributed by atoms with Crippen molar-refractivity contribution in [1.29, 1.82) is 0 Å². The Morgan fingerprint density at radius 3 is 2.31 bits per heavy atom. The van der Waals surface area contributed by atoms with E-state index in [4.69, 9.17) is 0 Å². The van der Waals surface area contributed by atoms with Crippen LogP contribution >= 0.6 is 0 Å². The van der Waals surface area contributed by atoms with E-state index in [2.05, 4.69) is 10.6 Å². The highest BCUT2D eigenvalue weighted by Gasteiger charge is 2.13. The molecule has 0 saturated carbocycles. The van der Waals surface area contributed by atoms with Gasteiger partial charge < -0.3 is 20.7 Å². The maximum Gasteiger partial charge on any atom is 0.314 e. The first-order valence-electron chi connectivity index (χ1n) is 8.26. The standard InChI is InChI=1S/C20H21N3O2.H2O/c1-14(22-20(25)21-2)12-23-13-18(15-8-4-3-5-9-15)16-10-6-7-11-17(16)19(23)24;/h3-11,13-14H,12H2,1-2H3,(H2,21,22,25);1H2. The highest BCUT2D eigenvalue weighted by molar-refractivity contribution is 5.95. The van der Waals surface area contributed by atoms with Crippen LogP contribution in [-0.4, -0.2) is 29.2 Å². The minimum absolute atomic E-state index is 0. The van der Waals surface area contributed by atoms with Gasteiger partial charge in [-0.3, -0.25) is 4.79 Å². The zero-order chi connectivity index (χ0) is 17.8. The molecular weight excluding hydrogens is 330 g/mol. The summed E-state index contributed by atoms with van der Waals surface area (Å²) in [5.74, 6) is 0. The number of carbonyl (C=O) groups is 1. The van der Waals surface area contributed by atoms with E-state index in [0.29, 0.717) is 11.9 Å². The summed E-state index contributed by atoms with van der Waals surface area (Å²) in [6.45, 7) is 2.27. The molecule has 2 amide bonds. The van der Waals surface area contributed by atoms with Crippen molar-refractivity contribution in [2.75, 3.05) is 7.05 Å². The molecule has 0 fully saturated rings. The van der Waals surface area contributed by atoms with Crippen LogP contribution in [0.4, 0.5) is 4.79 Å². The third kappa shape index (κ3) is 3.92. The van der Waals surface area contributed by atoms with Crippen molar-refractivity contribution in [3.8, 4) is 11.1 Å². The van der Waals surface area contributed by atoms with E-state index in [1.165, 1.54) is 0 Å². The van der Waals surface area contributed by atoms with E-state index in [1.807, 2.05) is 67.7 Å². The zero-order valence-corrected chi connectivity index (χ0v) is 14.8. The van der Waals surface area contributed by atoms with E-state index < -0.39 is 0 Å². The number of nitrogens with zero attached hydrogens (tertiary/aromatic N) is 1. The van der Waals surface area contributed by atoms with Gasteiger partial charge in [0.1, 0.15) is 0 Å². The van der Waals surface area contributed by atoms with E-state index in [-0.39, 0.29) is 23.1 Å². The average Bonchev–Trinajstić information content (AvgIpc) is 2.64. The quantitative estimate of drug-likeness (QED) is 0.752. The Hall–Kier alpha value is -3.12. The molecule has 4 N–H and O–H groups in total. The van der Waals surface area contributed by atoms with Gasteiger partial charge >= 0.3 is 6.03 Å². The molecule has 26 heavy (non-hydrogen) atoms. The Morgan fingerprint density at radius 2 is 1.65 bits per heavy atom. The van der Waals surface area contributed by atoms with E-state index >= 15 is 0 Å². The number of urea groups is 1. The fraction of sp³-hybridized carbons (Fsp3) is 0.200. The van der Waals surface area contributed by atoms with Gasteiger partial charge in [0.15, 0.2) is 0 Å². The Labute approximate surface area is 151 Å². The lowest BCUT2D eigenvalue weighted by molar-refractivity contribution is 0.238. The molecule has 1 aromatic heterocycles. The monoisotopic (exact) mass is 353 g/mol. The van der Waals surface area contributed by atoms with Crippen LogP contribution in [0.1, 0.15) is 6.92 Å². The fourth-order valence-electron chi connectivity index (χ4n) is 2.96. The Morgan fingerprint density at radius 1 is 1.04 bits per heavy atom. The molecular formula is C20H23N3O3. The summed E-state index contributed by atoms with van der Waals surface area (Å²) < 4.78 is 1.67. The summed E-state index contributed by atoms with van der Waals surface area (Å²) in [6.07, 6.45) is 1.88. The predicted molar refractivity (Wildman–Crippen MR) is 104 cm³/mol. The van der Waals surface area contributed by atoms with Gasteiger partial charge in [0.2, 0.25) is 0 Å². The maximum absolute atomic E-state index is 12.8. The van der Waals surface area contributed by atoms with Crippen molar-refractivity contribution in [1.82, 2.24) is 15.2 Å². The molecule has 0 aliphatic rings. The number of pyridine rings is 1. The van der Waals surface area contributed by atoms with Gasteiger partial charge in [0, 0.05) is 36.8 Å². The van der Waals surface area contributed by atoms with Crippen molar-refractivity contribution in [2.45, 2.75) is 19.5 Å². The minimum Gasteiger partial charge on any atom is -0.412 e. The van der Waals surface area contributed by atoms with Crippen LogP contribution in [-0.2, 0) is 6.54 Å². The van der Waals surface area contributed by atoms with Crippen LogP contribution in [0.15, 0.2) is 65.6 Å². The molecule has 0 aliphatic carbocycles. The Kier molecular flexibility index (Phi) is 6.14. The molecule has 1 unspecified atom stereocenters. The number of benzene rings is 2. The van der Waals surface area contributed by atoms with Crippen LogP contribution in [0, 0.1) is 0 Å². The molecule has 0 bridgehead atoms. The van der Waals surface area contributed by atoms with Crippen LogP contribution in [0.25, 0.3) is 21.9 Å². The summed E-state index contributed by atoms with van der Waals surface area (Å²) in [5.41, 5.74) is 2.00. The summed E-state index contributed by atoms with van der Waals surface area (Å²) in [6, 6.07) is 17.2. The fourth-order valence-corrected chi connectivity index (χ4v) is 2.96. The molecule has 2 aromatic carbocycles. The number of rotatable bonds is 4. The normalized spacial score (nSPS) is 11.5. The van der Waals surface area contributed by atoms with Gasteiger partial charge in [-0.15, -0.1) is 0 Å². The van der Waals surface area contributed by atoms with Gasteiger partial charge in [-0.25, -0.2) is 4.79 Å². The van der Waals surface area contributed by atoms with Crippen molar-refractivity contribution >= 4 is 16.8 Å². The highest BCUT2D eigenvalue weighted by Crippen LogP contribution is 2.26. The number of nitrogens with one attached hydrogen (secondary N) is 2. The summed E-state index contributed by atoms with van der Waals surface area (Å²) in [5, 5.41) is 6.94. The molecule has 0 aliphatic heterocycles. The smallest absolute Gasteiger partial charge is 0.314 e. The maximum atomic E-state index is 12.8. The SMILES string of the molecule is CNC(=O)NC(C)Cn1cc(-c2ccccc2)c2ccccc2c1=O.O. The molecule has 1 heterocycles.